The maximum absolute atomic E-state index is 12.6. The van der Waals surface area contributed by atoms with Crippen molar-refractivity contribution in [2.75, 3.05) is 13.7 Å². The Kier molecular flexibility index (Phi) is 8.91. The largest absolute Gasteiger partial charge is 0.508 e. The third-order valence-corrected chi connectivity index (χ3v) is 4.14. The number of rotatable bonds is 10. The van der Waals surface area contributed by atoms with E-state index in [2.05, 4.69) is 10.6 Å². The lowest BCUT2D eigenvalue weighted by Crippen LogP contribution is -2.52. The predicted molar refractivity (Wildman–Crippen MR) is 104 cm³/mol. The summed E-state index contributed by atoms with van der Waals surface area (Å²) >= 11 is 0. The highest BCUT2D eigenvalue weighted by Crippen LogP contribution is 2.17. The highest BCUT2D eigenvalue weighted by Gasteiger charge is 2.28. The molecular formula is C20H30N2O6. The zero-order valence-corrected chi connectivity index (χ0v) is 16.8. The van der Waals surface area contributed by atoms with Crippen molar-refractivity contribution in [3.05, 3.63) is 29.8 Å². The third-order valence-electron chi connectivity index (χ3n) is 4.14. The zero-order chi connectivity index (χ0) is 21.3. The van der Waals surface area contributed by atoms with Crippen LogP contribution in [0.1, 0.15) is 39.2 Å². The summed E-state index contributed by atoms with van der Waals surface area (Å²) in [7, 11) is 1.22. The average molecular weight is 394 g/mol. The second kappa shape index (κ2) is 10.7. The van der Waals surface area contributed by atoms with E-state index in [1.54, 1.807) is 12.1 Å². The predicted octanol–water partition coefficient (Wildman–Crippen LogP) is 1.46. The van der Waals surface area contributed by atoms with E-state index in [1.807, 2.05) is 20.8 Å². The number of carbonyl (C=O) groups is 3. The fourth-order valence-electron chi connectivity index (χ4n) is 2.53. The van der Waals surface area contributed by atoms with Gasteiger partial charge < -0.3 is 25.6 Å². The molecule has 1 aromatic carbocycles. The SMILES string of the molecule is COC(=O)[C@H](Cc1ccc(O)cc1)NC(=O)[C@H](CC(=O)O)NCCC(C)(C)C. The molecule has 0 saturated heterocycles. The first-order chi connectivity index (χ1) is 13.0. The number of methoxy groups -OCH3 is 1. The van der Waals surface area contributed by atoms with Crippen LogP contribution in [0, 0.1) is 5.41 Å². The van der Waals surface area contributed by atoms with E-state index in [9.17, 15) is 19.5 Å². The first-order valence-electron chi connectivity index (χ1n) is 9.13. The van der Waals surface area contributed by atoms with Crippen LogP contribution >= 0.6 is 0 Å². The normalized spacial score (nSPS) is 13.4. The van der Waals surface area contributed by atoms with Gasteiger partial charge in [0.25, 0.3) is 0 Å². The maximum Gasteiger partial charge on any atom is 0.328 e. The van der Waals surface area contributed by atoms with Gasteiger partial charge in [-0.2, -0.15) is 0 Å². The number of carbonyl (C=O) groups excluding carboxylic acids is 2. The minimum Gasteiger partial charge on any atom is -0.508 e. The van der Waals surface area contributed by atoms with Gasteiger partial charge in [-0.25, -0.2) is 4.79 Å². The molecule has 0 aromatic heterocycles. The van der Waals surface area contributed by atoms with Gasteiger partial charge in [0, 0.05) is 6.42 Å². The molecule has 156 valence electrons. The van der Waals surface area contributed by atoms with Gasteiger partial charge >= 0.3 is 11.9 Å². The number of ether oxygens (including phenoxy) is 1. The Morgan fingerprint density at radius 1 is 1.11 bits per heavy atom. The van der Waals surface area contributed by atoms with Gasteiger partial charge in [-0.15, -0.1) is 0 Å². The smallest absolute Gasteiger partial charge is 0.328 e. The quantitative estimate of drug-likeness (QED) is 0.443. The second-order valence-electron chi connectivity index (χ2n) is 7.87. The van der Waals surface area contributed by atoms with Gasteiger partial charge in [-0.05, 0) is 36.1 Å². The summed E-state index contributed by atoms with van der Waals surface area (Å²) in [5.41, 5.74) is 0.744. The molecule has 0 aliphatic carbocycles. The minimum atomic E-state index is -1.11. The lowest BCUT2D eigenvalue weighted by molar-refractivity contribution is -0.145. The van der Waals surface area contributed by atoms with E-state index in [-0.39, 0.29) is 17.6 Å². The molecule has 28 heavy (non-hydrogen) atoms. The molecule has 1 aromatic rings. The van der Waals surface area contributed by atoms with Gasteiger partial charge in [0.2, 0.25) is 5.91 Å². The topological polar surface area (TPSA) is 125 Å². The number of amides is 1. The first kappa shape index (κ1) is 23.4. The highest BCUT2D eigenvalue weighted by molar-refractivity contribution is 5.90. The van der Waals surface area contributed by atoms with Crippen LogP contribution in [0.15, 0.2) is 24.3 Å². The van der Waals surface area contributed by atoms with Crippen LogP contribution in [0.2, 0.25) is 0 Å². The molecule has 0 spiro atoms. The summed E-state index contributed by atoms with van der Waals surface area (Å²) in [6.07, 6.45) is 0.508. The molecule has 4 N–H and O–H groups in total. The molecule has 1 rings (SSSR count). The molecule has 0 radical (unpaired) electrons. The number of aliphatic carboxylic acids is 1. The van der Waals surface area contributed by atoms with Crippen LogP contribution in [0.25, 0.3) is 0 Å². The van der Waals surface area contributed by atoms with Crippen molar-refractivity contribution in [1.82, 2.24) is 10.6 Å². The van der Waals surface area contributed by atoms with E-state index < -0.39 is 36.4 Å². The van der Waals surface area contributed by atoms with Crippen molar-refractivity contribution in [2.24, 2.45) is 5.41 Å². The number of hydrogen-bond acceptors (Lipinski definition) is 6. The number of phenolic OH excluding ortho intramolecular Hbond substituents is 1. The molecule has 8 nitrogen and oxygen atoms in total. The molecule has 0 aliphatic rings. The molecule has 0 aliphatic heterocycles. The second-order valence-corrected chi connectivity index (χ2v) is 7.87. The van der Waals surface area contributed by atoms with E-state index in [1.165, 1.54) is 19.2 Å². The van der Waals surface area contributed by atoms with Crippen LogP contribution in [-0.4, -0.2) is 53.8 Å². The van der Waals surface area contributed by atoms with Crippen LogP contribution in [0.4, 0.5) is 0 Å². The lowest BCUT2D eigenvalue weighted by Gasteiger charge is -2.23. The lowest BCUT2D eigenvalue weighted by atomic mass is 9.92. The van der Waals surface area contributed by atoms with Gasteiger partial charge in [0.1, 0.15) is 11.8 Å². The Labute approximate surface area is 165 Å². The zero-order valence-electron chi connectivity index (χ0n) is 16.8. The Bertz CT molecular complexity index is 666. The van der Waals surface area contributed by atoms with Gasteiger partial charge in [0.15, 0.2) is 0 Å². The highest BCUT2D eigenvalue weighted by atomic mass is 16.5. The summed E-state index contributed by atoms with van der Waals surface area (Å²) in [4.78, 5) is 35.8. The molecule has 0 heterocycles. The van der Waals surface area contributed by atoms with E-state index in [0.29, 0.717) is 12.1 Å². The van der Waals surface area contributed by atoms with Crippen molar-refractivity contribution in [3.63, 3.8) is 0 Å². The molecular weight excluding hydrogens is 364 g/mol. The number of esters is 1. The minimum absolute atomic E-state index is 0.0324. The standard InChI is InChI=1S/C20H30N2O6/c1-20(2,3)9-10-21-15(12-17(24)25)18(26)22-16(19(27)28-4)11-13-5-7-14(23)8-6-13/h5-8,15-16,21,23H,9-12H2,1-4H3,(H,22,26)(H,24,25)/t15-,16-/m0/s1. The fraction of sp³-hybridized carbons (Fsp3) is 0.550. The van der Waals surface area contributed by atoms with E-state index in [4.69, 9.17) is 9.84 Å². The van der Waals surface area contributed by atoms with E-state index >= 15 is 0 Å². The van der Waals surface area contributed by atoms with Gasteiger partial charge in [0.05, 0.1) is 19.6 Å². The van der Waals surface area contributed by atoms with Crippen LogP contribution in [0.3, 0.4) is 0 Å². The first-order valence-corrected chi connectivity index (χ1v) is 9.13. The van der Waals surface area contributed by atoms with Crippen LogP contribution in [0.5, 0.6) is 5.75 Å². The number of nitrogens with one attached hydrogen (secondary N) is 2. The molecule has 0 bridgehead atoms. The summed E-state index contributed by atoms with van der Waals surface area (Å²) in [6, 6.07) is 4.29. The van der Waals surface area contributed by atoms with Crippen LogP contribution in [-0.2, 0) is 25.5 Å². The number of benzene rings is 1. The van der Waals surface area contributed by atoms with E-state index in [0.717, 1.165) is 6.42 Å². The number of carboxylic acid groups (broad SMARTS) is 1. The monoisotopic (exact) mass is 394 g/mol. The molecule has 1 amide bonds. The van der Waals surface area contributed by atoms with Crippen molar-refractivity contribution in [2.45, 2.75) is 52.1 Å². The number of aromatic hydroxyl groups is 1. The van der Waals surface area contributed by atoms with Gasteiger partial charge in [-0.1, -0.05) is 32.9 Å². The van der Waals surface area contributed by atoms with Crippen molar-refractivity contribution < 1.29 is 29.3 Å². The van der Waals surface area contributed by atoms with Crippen molar-refractivity contribution in [1.29, 1.82) is 0 Å². The third kappa shape index (κ3) is 8.85. The molecule has 0 fully saturated rings. The summed E-state index contributed by atoms with van der Waals surface area (Å²) in [5.74, 6) is -2.24. The Morgan fingerprint density at radius 2 is 1.71 bits per heavy atom. The van der Waals surface area contributed by atoms with Crippen molar-refractivity contribution in [3.8, 4) is 5.75 Å². The Hall–Kier alpha value is -2.61. The van der Waals surface area contributed by atoms with Crippen LogP contribution < -0.4 is 10.6 Å². The van der Waals surface area contributed by atoms with Gasteiger partial charge in [-0.3, -0.25) is 9.59 Å². The fourth-order valence-corrected chi connectivity index (χ4v) is 2.53. The molecule has 8 heteroatoms. The molecule has 0 unspecified atom stereocenters. The Morgan fingerprint density at radius 3 is 2.21 bits per heavy atom. The number of phenols is 1. The molecule has 2 atom stereocenters. The molecule has 0 saturated carbocycles. The Balaban J connectivity index is 2.83. The summed E-state index contributed by atoms with van der Waals surface area (Å²) < 4.78 is 4.76. The average Bonchev–Trinajstić information content (AvgIpc) is 2.60. The number of carboxylic acids is 1. The summed E-state index contributed by atoms with van der Waals surface area (Å²) in [5, 5.41) is 24.0. The number of hydrogen-bond donors (Lipinski definition) is 4. The summed E-state index contributed by atoms with van der Waals surface area (Å²) in [6.45, 7) is 6.61. The van der Waals surface area contributed by atoms with Crippen molar-refractivity contribution >= 4 is 17.8 Å². The maximum atomic E-state index is 12.6.